The van der Waals surface area contributed by atoms with E-state index >= 15 is 0 Å². The Labute approximate surface area is 141 Å². The summed E-state index contributed by atoms with van der Waals surface area (Å²) in [5.41, 5.74) is 3.86. The second kappa shape index (κ2) is 4.97. The molecule has 0 radical (unpaired) electrons. The van der Waals surface area contributed by atoms with Crippen molar-refractivity contribution in [2.24, 2.45) is 5.41 Å². The van der Waals surface area contributed by atoms with Gasteiger partial charge in [-0.25, -0.2) is 0 Å². The van der Waals surface area contributed by atoms with Gasteiger partial charge in [0, 0.05) is 40.6 Å². The standard InChI is InChI=1S/C21H22N2O/c1-13-16-7-8-22-11-14(16)9-18-17-10-15(24)5-6-19(17)23(20(13)18)12-21(2,3)4/h5-11,24H,12H2,1-4H3. The number of pyridine rings is 1. The summed E-state index contributed by atoms with van der Waals surface area (Å²) in [7, 11) is 0. The summed E-state index contributed by atoms with van der Waals surface area (Å²) in [5, 5.41) is 14.7. The maximum Gasteiger partial charge on any atom is 0.116 e. The molecule has 4 aromatic rings. The lowest BCUT2D eigenvalue weighted by Crippen LogP contribution is -2.15. The molecule has 4 rings (SSSR count). The lowest BCUT2D eigenvalue weighted by atomic mass is 9.96. The van der Waals surface area contributed by atoms with E-state index in [0.717, 1.165) is 17.3 Å². The molecule has 0 fully saturated rings. The molecule has 0 amide bonds. The van der Waals surface area contributed by atoms with Crippen molar-refractivity contribution in [3.63, 3.8) is 0 Å². The summed E-state index contributed by atoms with van der Waals surface area (Å²) in [6.45, 7) is 9.87. The number of hydrogen-bond donors (Lipinski definition) is 1. The van der Waals surface area contributed by atoms with Crippen molar-refractivity contribution in [2.75, 3.05) is 0 Å². The van der Waals surface area contributed by atoms with Crippen LogP contribution < -0.4 is 0 Å². The van der Waals surface area contributed by atoms with Crippen LogP contribution in [0.25, 0.3) is 32.6 Å². The lowest BCUT2D eigenvalue weighted by Gasteiger charge is -2.21. The van der Waals surface area contributed by atoms with Crippen LogP contribution in [-0.2, 0) is 6.54 Å². The fourth-order valence-corrected chi connectivity index (χ4v) is 3.70. The summed E-state index contributed by atoms with van der Waals surface area (Å²) in [5.74, 6) is 0.307. The third kappa shape index (κ3) is 2.23. The van der Waals surface area contributed by atoms with Gasteiger partial charge in [0.15, 0.2) is 0 Å². The SMILES string of the molecule is Cc1c2ccncc2cc2c3cc(O)ccc3n(CC(C)(C)C)c12. The molecule has 0 aliphatic heterocycles. The summed E-state index contributed by atoms with van der Waals surface area (Å²) >= 11 is 0. The molecule has 0 atom stereocenters. The highest BCUT2D eigenvalue weighted by atomic mass is 16.3. The highest BCUT2D eigenvalue weighted by Gasteiger charge is 2.19. The molecule has 24 heavy (non-hydrogen) atoms. The number of rotatable bonds is 1. The van der Waals surface area contributed by atoms with Gasteiger partial charge in [0.1, 0.15) is 5.75 Å². The first-order chi connectivity index (χ1) is 11.3. The first kappa shape index (κ1) is 15.0. The van der Waals surface area contributed by atoms with Gasteiger partial charge in [-0.1, -0.05) is 20.8 Å². The molecule has 0 unspecified atom stereocenters. The molecule has 0 bridgehead atoms. The van der Waals surface area contributed by atoms with Crippen LogP contribution >= 0.6 is 0 Å². The van der Waals surface area contributed by atoms with E-state index in [1.54, 1.807) is 6.07 Å². The van der Waals surface area contributed by atoms with Crippen LogP contribution in [0.2, 0.25) is 0 Å². The second-order valence-corrected chi connectivity index (χ2v) is 7.84. The minimum absolute atomic E-state index is 0.163. The Hall–Kier alpha value is -2.55. The lowest BCUT2D eigenvalue weighted by molar-refractivity contribution is 0.354. The van der Waals surface area contributed by atoms with E-state index in [2.05, 4.69) is 49.4 Å². The Kier molecular flexibility index (Phi) is 3.11. The second-order valence-electron chi connectivity index (χ2n) is 7.84. The van der Waals surface area contributed by atoms with E-state index in [4.69, 9.17) is 0 Å². The zero-order valence-electron chi connectivity index (χ0n) is 14.6. The van der Waals surface area contributed by atoms with Crippen LogP contribution in [0, 0.1) is 12.3 Å². The van der Waals surface area contributed by atoms with Crippen molar-refractivity contribution in [2.45, 2.75) is 34.2 Å². The Morgan fingerprint density at radius 3 is 2.58 bits per heavy atom. The normalized spacial score (nSPS) is 12.5. The van der Waals surface area contributed by atoms with Crippen molar-refractivity contribution >= 4 is 32.6 Å². The molecule has 1 N–H and O–H groups in total. The summed E-state index contributed by atoms with van der Waals surface area (Å²) in [6.07, 6.45) is 3.77. The Bertz CT molecular complexity index is 1080. The van der Waals surface area contributed by atoms with Gasteiger partial charge in [-0.15, -0.1) is 0 Å². The number of nitrogens with zero attached hydrogens (tertiary/aromatic N) is 2. The van der Waals surface area contributed by atoms with Gasteiger partial charge in [0.25, 0.3) is 0 Å². The number of hydrogen-bond acceptors (Lipinski definition) is 2. The van der Waals surface area contributed by atoms with Gasteiger partial charge in [-0.05, 0) is 53.6 Å². The number of benzene rings is 2. The number of aromatic hydroxyl groups is 1. The Morgan fingerprint density at radius 2 is 1.83 bits per heavy atom. The van der Waals surface area contributed by atoms with Crippen molar-refractivity contribution in [1.82, 2.24) is 9.55 Å². The van der Waals surface area contributed by atoms with Gasteiger partial charge >= 0.3 is 0 Å². The molecule has 0 aliphatic rings. The molecule has 3 heteroatoms. The summed E-state index contributed by atoms with van der Waals surface area (Å²) < 4.78 is 2.40. The van der Waals surface area contributed by atoms with Gasteiger partial charge in [-0.3, -0.25) is 4.98 Å². The molecule has 2 aromatic heterocycles. The number of phenols is 1. The minimum atomic E-state index is 0.163. The molecule has 3 nitrogen and oxygen atoms in total. The van der Waals surface area contributed by atoms with E-state index in [9.17, 15) is 5.11 Å². The maximum absolute atomic E-state index is 9.99. The zero-order valence-corrected chi connectivity index (χ0v) is 14.6. The molecule has 0 aliphatic carbocycles. The zero-order chi connectivity index (χ0) is 17.1. The van der Waals surface area contributed by atoms with Crippen LogP contribution in [0.4, 0.5) is 0 Å². The molecule has 122 valence electrons. The van der Waals surface area contributed by atoms with E-state index in [1.165, 1.54) is 27.4 Å². The molecule has 2 aromatic carbocycles. The average molecular weight is 318 g/mol. The van der Waals surface area contributed by atoms with E-state index < -0.39 is 0 Å². The first-order valence-electron chi connectivity index (χ1n) is 8.33. The Balaban J connectivity index is 2.23. The van der Waals surface area contributed by atoms with E-state index in [-0.39, 0.29) is 5.41 Å². The largest absolute Gasteiger partial charge is 0.508 e. The van der Waals surface area contributed by atoms with Crippen LogP contribution in [-0.4, -0.2) is 14.7 Å². The van der Waals surface area contributed by atoms with Gasteiger partial charge in [-0.2, -0.15) is 0 Å². The third-order valence-corrected chi connectivity index (χ3v) is 4.63. The van der Waals surface area contributed by atoms with E-state index in [0.29, 0.717) is 5.75 Å². The van der Waals surface area contributed by atoms with Crippen LogP contribution in [0.1, 0.15) is 26.3 Å². The van der Waals surface area contributed by atoms with Crippen LogP contribution in [0.5, 0.6) is 5.75 Å². The molecular formula is C21H22N2O. The Morgan fingerprint density at radius 1 is 1.04 bits per heavy atom. The van der Waals surface area contributed by atoms with Gasteiger partial charge in [0.2, 0.25) is 0 Å². The van der Waals surface area contributed by atoms with Crippen molar-refractivity contribution in [3.05, 3.63) is 48.3 Å². The quantitative estimate of drug-likeness (QED) is 0.510. The predicted molar refractivity (Wildman–Crippen MR) is 101 cm³/mol. The summed E-state index contributed by atoms with van der Waals surface area (Å²) in [4.78, 5) is 4.27. The van der Waals surface area contributed by atoms with Crippen LogP contribution in [0.15, 0.2) is 42.7 Å². The number of fused-ring (bicyclic) bond motifs is 4. The maximum atomic E-state index is 9.99. The highest BCUT2D eigenvalue weighted by molar-refractivity contribution is 6.14. The van der Waals surface area contributed by atoms with E-state index in [1.807, 2.05) is 24.5 Å². The fourth-order valence-electron chi connectivity index (χ4n) is 3.70. The number of phenolic OH excluding ortho intramolecular Hbond substituents is 1. The predicted octanol–water partition coefficient (Wildman–Crippen LogP) is 5.40. The van der Waals surface area contributed by atoms with Gasteiger partial charge in [0.05, 0.1) is 5.52 Å². The van der Waals surface area contributed by atoms with Gasteiger partial charge < -0.3 is 9.67 Å². The smallest absolute Gasteiger partial charge is 0.116 e. The number of aryl methyl sites for hydroxylation is 1. The molecule has 0 spiro atoms. The van der Waals surface area contributed by atoms with Crippen molar-refractivity contribution in [3.8, 4) is 5.75 Å². The van der Waals surface area contributed by atoms with Crippen molar-refractivity contribution in [1.29, 1.82) is 0 Å². The minimum Gasteiger partial charge on any atom is -0.508 e. The molecule has 0 saturated heterocycles. The number of aromatic nitrogens is 2. The average Bonchev–Trinajstić information content (AvgIpc) is 2.80. The highest BCUT2D eigenvalue weighted by Crippen LogP contribution is 2.38. The third-order valence-electron chi connectivity index (χ3n) is 4.63. The molecule has 0 saturated carbocycles. The monoisotopic (exact) mass is 318 g/mol. The van der Waals surface area contributed by atoms with Crippen molar-refractivity contribution < 1.29 is 5.11 Å². The molecule has 2 heterocycles. The molecular weight excluding hydrogens is 296 g/mol. The first-order valence-corrected chi connectivity index (χ1v) is 8.33. The van der Waals surface area contributed by atoms with Crippen LogP contribution in [0.3, 0.4) is 0 Å². The topological polar surface area (TPSA) is 38.1 Å². The summed E-state index contributed by atoms with van der Waals surface area (Å²) in [6, 6.07) is 9.96. The fraction of sp³-hybridized carbons (Fsp3) is 0.286.